The number of hydrogen-bond acceptors (Lipinski definition) is 3. The molecular weight excluding hydrogens is 178 g/mol. The standard InChI is InChI=1S/C10H21N3O/c1-4-11(3)9-12-5-7-13(8-6-12)10(2)14/h4-9H2,1-3H3. The van der Waals surface area contributed by atoms with Gasteiger partial charge in [0.05, 0.1) is 6.67 Å². The maximum absolute atomic E-state index is 11.1. The second-order valence-electron chi connectivity index (χ2n) is 3.94. The molecule has 0 atom stereocenters. The zero-order chi connectivity index (χ0) is 10.6. The Labute approximate surface area is 86.5 Å². The topological polar surface area (TPSA) is 26.8 Å². The van der Waals surface area contributed by atoms with Gasteiger partial charge < -0.3 is 4.90 Å². The molecule has 0 radical (unpaired) electrons. The fourth-order valence-corrected chi connectivity index (χ4v) is 1.65. The molecule has 1 amide bonds. The molecule has 0 aliphatic carbocycles. The minimum Gasteiger partial charge on any atom is -0.340 e. The summed E-state index contributed by atoms with van der Waals surface area (Å²) >= 11 is 0. The van der Waals surface area contributed by atoms with Crippen LogP contribution in [0.25, 0.3) is 0 Å². The average Bonchev–Trinajstić information content (AvgIpc) is 2.18. The molecule has 0 aromatic heterocycles. The Balaban J connectivity index is 2.25. The molecule has 1 aliphatic heterocycles. The Morgan fingerprint density at radius 3 is 2.29 bits per heavy atom. The highest BCUT2D eigenvalue weighted by atomic mass is 16.2. The smallest absolute Gasteiger partial charge is 0.219 e. The summed E-state index contributed by atoms with van der Waals surface area (Å²) in [5.74, 6) is 0.202. The van der Waals surface area contributed by atoms with E-state index in [2.05, 4.69) is 23.8 Å². The SMILES string of the molecule is CCN(C)CN1CCN(C(C)=O)CC1. The molecule has 1 aliphatic rings. The van der Waals surface area contributed by atoms with Gasteiger partial charge in [0.25, 0.3) is 0 Å². The number of carbonyl (C=O) groups is 1. The molecule has 1 fully saturated rings. The van der Waals surface area contributed by atoms with Crippen LogP contribution in [0.5, 0.6) is 0 Å². The average molecular weight is 199 g/mol. The summed E-state index contributed by atoms with van der Waals surface area (Å²) in [4.78, 5) is 17.7. The third-order valence-electron chi connectivity index (χ3n) is 2.80. The van der Waals surface area contributed by atoms with Crippen LogP contribution in [-0.4, -0.2) is 67.0 Å². The van der Waals surface area contributed by atoms with Gasteiger partial charge in [-0.1, -0.05) is 6.92 Å². The number of nitrogens with zero attached hydrogens (tertiary/aromatic N) is 3. The molecule has 0 spiro atoms. The summed E-state index contributed by atoms with van der Waals surface area (Å²) in [5, 5.41) is 0. The van der Waals surface area contributed by atoms with E-state index in [9.17, 15) is 4.79 Å². The third-order valence-corrected chi connectivity index (χ3v) is 2.80. The Morgan fingerprint density at radius 2 is 1.86 bits per heavy atom. The Kier molecular flexibility index (Phi) is 4.35. The van der Waals surface area contributed by atoms with Gasteiger partial charge >= 0.3 is 0 Å². The predicted molar refractivity (Wildman–Crippen MR) is 57.0 cm³/mol. The molecule has 1 saturated heterocycles. The lowest BCUT2D eigenvalue weighted by atomic mass is 10.3. The van der Waals surface area contributed by atoms with Crippen molar-refractivity contribution in [3.8, 4) is 0 Å². The van der Waals surface area contributed by atoms with E-state index in [1.54, 1.807) is 6.92 Å². The molecule has 0 N–H and O–H groups in total. The molecule has 1 rings (SSSR count). The lowest BCUT2D eigenvalue weighted by Gasteiger charge is -2.36. The van der Waals surface area contributed by atoms with E-state index < -0.39 is 0 Å². The Bertz CT molecular complexity index is 188. The van der Waals surface area contributed by atoms with Crippen molar-refractivity contribution in [1.29, 1.82) is 0 Å². The molecule has 0 unspecified atom stereocenters. The summed E-state index contributed by atoms with van der Waals surface area (Å²) in [5.41, 5.74) is 0. The van der Waals surface area contributed by atoms with Crippen LogP contribution in [0.1, 0.15) is 13.8 Å². The van der Waals surface area contributed by atoms with Gasteiger partial charge in [0.1, 0.15) is 0 Å². The Hall–Kier alpha value is -0.610. The van der Waals surface area contributed by atoms with Crippen molar-refractivity contribution < 1.29 is 4.79 Å². The third kappa shape index (κ3) is 3.27. The number of piperazine rings is 1. The lowest BCUT2D eigenvalue weighted by molar-refractivity contribution is -0.130. The molecule has 0 saturated carbocycles. The fraction of sp³-hybridized carbons (Fsp3) is 0.900. The normalized spacial score (nSPS) is 19.0. The first-order valence-corrected chi connectivity index (χ1v) is 5.30. The van der Waals surface area contributed by atoms with Crippen molar-refractivity contribution >= 4 is 5.91 Å². The van der Waals surface area contributed by atoms with Crippen LogP contribution in [-0.2, 0) is 4.79 Å². The largest absolute Gasteiger partial charge is 0.340 e. The van der Waals surface area contributed by atoms with E-state index >= 15 is 0 Å². The van der Waals surface area contributed by atoms with E-state index in [-0.39, 0.29) is 5.91 Å². The van der Waals surface area contributed by atoms with Crippen molar-refractivity contribution in [1.82, 2.24) is 14.7 Å². The minimum absolute atomic E-state index is 0.202. The van der Waals surface area contributed by atoms with Crippen LogP contribution in [0, 0.1) is 0 Å². The first-order valence-electron chi connectivity index (χ1n) is 5.30. The predicted octanol–water partition coefficient (Wildman–Crippen LogP) is 0.0597. The van der Waals surface area contributed by atoms with Crippen molar-refractivity contribution in [2.75, 3.05) is 46.4 Å². The van der Waals surface area contributed by atoms with E-state index in [0.717, 1.165) is 39.4 Å². The molecule has 0 bridgehead atoms. The molecule has 0 aromatic carbocycles. The van der Waals surface area contributed by atoms with Gasteiger partial charge in [-0.2, -0.15) is 0 Å². The van der Waals surface area contributed by atoms with Crippen LogP contribution in [0.3, 0.4) is 0 Å². The highest BCUT2D eigenvalue weighted by Gasteiger charge is 2.18. The number of carbonyl (C=O) groups excluding carboxylic acids is 1. The maximum Gasteiger partial charge on any atom is 0.219 e. The zero-order valence-electron chi connectivity index (χ0n) is 9.49. The molecule has 82 valence electrons. The first kappa shape index (κ1) is 11.5. The monoisotopic (exact) mass is 199 g/mol. The highest BCUT2D eigenvalue weighted by molar-refractivity contribution is 5.73. The Morgan fingerprint density at radius 1 is 1.29 bits per heavy atom. The molecule has 1 heterocycles. The van der Waals surface area contributed by atoms with E-state index in [1.165, 1.54) is 0 Å². The van der Waals surface area contributed by atoms with E-state index in [4.69, 9.17) is 0 Å². The van der Waals surface area contributed by atoms with Crippen LogP contribution < -0.4 is 0 Å². The molecular formula is C10H21N3O. The number of amides is 1. The van der Waals surface area contributed by atoms with Gasteiger partial charge in [-0.3, -0.25) is 14.6 Å². The second kappa shape index (κ2) is 5.32. The van der Waals surface area contributed by atoms with Crippen molar-refractivity contribution in [3.05, 3.63) is 0 Å². The summed E-state index contributed by atoms with van der Waals surface area (Å²) in [6.07, 6.45) is 0. The van der Waals surface area contributed by atoms with Crippen molar-refractivity contribution in [2.24, 2.45) is 0 Å². The summed E-state index contributed by atoms with van der Waals surface area (Å²) in [7, 11) is 2.12. The quantitative estimate of drug-likeness (QED) is 0.643. The van der Waals surface area contributed by atoms with Crippen molar-refractivity contribution in [3.63, 3.8) is 0 Å². The zero-order valence-corrected chi connectivity index (χ0v) is 9.49. The number of hydrogen-bond donors (Lipinski definition) is 0. The van der Waals surface area contributed by atoms with Gasteiger partial charge in [0, 0.05) is 33.1 Å². The van der Waals surface area contributed by atoms with Gasteiger partial charge in [0.2, 0.25) is 5.91 Å². The molecule has 14 heavy (non-hydrogen) atoms. The summed E-state index contributed by atoms with van der Waals surface area (Å²) in [6, 6.07) is 0. The first-order chi connectivity index (χ1) is 6.63. The lowest BCUT2D eigenvalue weighted by Crippen LogP contribution is -2.50. The van der Waals surface area contributed by atoms with Gasteiger partial charge in [-0.25, -0.2) is 0 Å². The summed E-state index contributed by atoms with van der Waals surface area (Å²) < 4.78 is 0. The number of rotatable bonds is 3. The molecule has 4 nitrogen and oxygen atoms in total. The van der Waals surface area contributed by atoms with Crippen molar-refractivity contribution in [2.45, 2.75) is 13.8 Å². The van der Waals surface area contributed by atoms with E-state index in [0.29, 0.717) is 0 Å². The second-order valence-corrected chi connectivity index (χ2v) is 3.94. The summed E-state index contributed by atoms with van der Waals surface area (Å²) in [6.45, 7) is 9.67. The van der Waals surface area contributed by atoms with Gasteiger partial charge in [0.15, 0.2) is 0 Å². The van der Waals surface area contributed by atoms with Gasteiger partial charge in [-0.15, -0.1) is 0 Å². The molecule has 0 aromatic rings. The maximum atomic E-state index is 11.1. The minimum atomic E-state index is 0.202. The molecule has 4 heteroatoms. The van der Waals surface area contributed by atoms with Crippen LogP contribution in [0.15, 0.2) is 0 Å². The van der Waals surface area contributed by atoms with Gasteiger partial charge in [-0.05, 0) is 13.6 Å². The highest BCUT2D eigenvalue weighted by Crippen LogP contribution is 2.02. The van der Waals surface area contributed by atoms with E-state index in [1.807, 2.05) is 4.90 Å². The fourth-order valence-electron chi connectivity index (χ4n) is 1.65. The van der Waals surface area contributed by atoms with Crippen LogP contribution in [0.2, 0.25) is 0 Å². The van der Waals surface area contributed by atoms with Crippen LogP contribution in [0.4, 0.5) is 0 Å². The van der Waals surface area contributed by atoms with Crippen LogP contribution >= 0.6 is 0 Å².